The van der Waals surface area contributed by atoms with E-state index in [0.29, 0.717) is 36.9 Å². The van der Waals surface area contributed by atoms with Crippen molar-refractivity contribution in [3.05, 3.63) is 11.6 Å². The Kier molecular flexibility index (Phi) is 9.36. The molecule has 4 aliphatic carbocycles. The largest absolute Gasteiger partial charge is 0.394 e. The van der Waals surface area contributed by atoms with Crippen molar-refractivity contribution in [1.29, 1.82) is 0 Å². The zero-order valence-corrected chi connectivity index (χ0v) is 28.7. The number of aliphatic hydroxyl groups excluding tert-OH is 5. The van der Waals surface area contributed by atoms with Crippen LogP contribution in [0, 0.1) is 45.3 Å². The Morgan fingerprint density at radius 1 is 1.00 bits per heavy atom. The first-order valence-electron chi connectivity index (χ1n) is 17.3. The van der Waals surface area contributed by atoms with E-state index in [0.717, 1.165) is 32.1 Å². The van der Waals surface area contributed by atoms with Crippen LogP contribution in [-0.2, 0) is 14.3 Å². The fraction of sp³-hybridized carbons (Fsp3) is 0.917. The molecule has 3 saturated carbocycles. The lowest BCUT2D eigenvalue weighted by Gasteiger charge is -2.65. The standard InChI is InChI=1S/C36H60O9/c1-19(9-13-25(38)33(4,5)43)20-15-16-34(6)24-12-10-21-22(36(24,8)26(39)17-35(20,34)7)11-14-27(32(21,2)3)45-31-30(42)29(41)28(40)23(18-37)44-31/h10,19-20,22-25,27-31,37-38,40-43H,9,11-18H2,1-8H3/t19-,20-,22-,23-,24+,25-,27+,28-,29+,30-,31+,34+,35-,36+/m1/s1. The molecule has 1 saturated heterocycles. The smallest absolute Gasteiger partial charge is 0.187 e. The average Bonchev–Trinajstić information content (AvgIpc) is 3.23. The molecule has 0 spiro atoms. The molecule has 0 bridgehead atoms. The summed E-state index contributed by atoms with van der Waals surface area (Å²) in [6.45, 7) is 16.3. The first kappa shape index (κ1) is 35.4. The molecule has 6 N–H and O–H groups in total. The molecule has 1 heterocycles. The molecule has 5 aliphatic rings. The van der Waals surface area contributed by atoms with Gasteiger partial charge < -0.3 is 40.1 Å². The Balaban J connectivity index is 1.37. The molecule has 0 aromatic carbocycles. The van der Waals surface area contributed by atoms with Crippen LogP contribution < -0.4 is 0 Å². The summed E-state index contributed by atoms with van der Waals surface area (Å²) >= 11 is 0. The van der Waals surface area contributed by atoms with Crippen molar-refractivity contribution >= 4 is 5.78 Å². The summed E-state index contributed by atoms with van der Waals surface area (Å²) < 4.78 is 12.0. The van der Waals surface area contributed by atoms with Gasteiger partial charge in [-0.05, 0) is 93.3 Å². The summed E-state index contributed by atoms with van der Waals surface area (Å²) in [5.41, 5.74) is -1.04. The van der Waals surface area contributed by atoms with Crippen molar-refractivity contribution in [3.63, 3.8) is 0 Å². The van der Waals surface area contributed by atoms with Gasteiger partial charge >= 0.3 is 0 Å². The third kappa shape index (κ3) is 5.40. The van der Waals surface area contributed by atoms with Crippen LogP contribution in [0.3, 0.4) is 0 Å². The van der Waals surface area contributed by atoms with E-state index >= 15 is 0 Å². The van der Waals surface area contributed by atoms with E-state index < -0.39 is 59.8 Å². The van der Waals surface area contributed by atoms with Gasteiger partial charge in [0.2, 0.25) is 0 Å². The Morgan fingerprint density at radius 3 is 2.29 bits per heavy atom. The molecular weight excluding hydrogens is 576 g/mol. The summed E-state index contributed by atoms with van der Waals surface area (Å²) in [5.74, 6) is 1.34. The van der Waals surface area contributed by atoms with Crippen molar-refractivity contribution < 1.29 is 44.9 Å². The summed E-state index contributed by atoms with van der Waals surface area (Å²) in [5, 5.41) is 61.6. The maximum Gasteiger partial charge on any atom is 0.187 e. The number of rotatable bonds is 8. The van der Waals surface area contributed by atoms with Gasteiger partial charge in [-0.3, -0.25) is 4.79 Å². The number of aliphatic hydroxyl groups is 6. The highest BCUT2D eigenvalue weighted by Gasteiger charge is 2.70. The van der Waals surface area contributed by atoms with Crippen LogP contribution in [0.2, 0.25) is 0 Å². The molecule has 14 atom stereocenters. The predicted molar refractivity (Wildman–Crippen MR) is 169 cm³/mol. The summed E-state index contributed by atoms with van der Waals surface area (Å²) in [4.78, 5) is 14.6. The van der Waals surface area contributed by atoms with Gasteiger partial charge in [-0.1, -0.05) is 53.2 Å². The number of carbonyl (C=O) groups is 1. The fourth-order valence-corrected chi connectivity index (χ4v) is 10.9. The highest BCUT2D eigenvalue weighted by molar-refractivity contribution is 5.88. The number of Topliss-reactive ketones (excluding diaryl/α,β-unsaturated/α-hetero) is 1. The lowest BCUT2D eigenvalue weighted by Crippen LogP contribution is -2.64. The van der Waals surface area contributed by atoms with E-state index in [9.17, 15) is 35.4 Å². The second-order valence-electron chi connectivity index (χ2n) is 17.2. The van der Waals surface area contributed by atoms with E-state index in [2.05, 4.69) is 47.6 Å². The van der Waals surface area contributed by atoms with Gasteiger partial charge in [0.1, 0.15) is 30.2 Å². The van der Waals surface area contributed by atoms with Crippen LogP contribution in [0.5, 0.6) is 0 Å². The zero-order chi connectivity index (χ0) is 33.5. The zero-order valence-electron chi connectivity index (χ0n) is 28.7. The number of hydrogen-bond donors (Lipinski definition) is 6. The lowest BCUT2D eigenvalue weighted by atomic mass is 9.38. The highest BCUT2D eigenvalue weighted by atomic mass is 16.7. The quantitative estimate of drug-likeness (QED) is 0.220. The number of fused-ring (bicyclic) bond motifs is 5. The molecule has 0 aromatic rings. The molecule has 45 heavy (non-hydrogen) atoms. The summed E-state index contributed by atoms with van der Waals surface area (Å²) in [7, 11) is 0. The number of allylic oxidation sites excluding steroid dienone is 1. The van der Waals surface area contributed by atoms with E-state index in [1.165, 1.54) is 5.57 Å². The van der Waals surface area contributed by atoms with Crippen LogP contribution >= 0.6 is 0 Å². The van der Waals surface area contributed by atoms with Crippen molar-refractivity contribution in [2.24, 2.45) is 45.3 Å². The highest BCUT2D eigenvalue weighted by Crippen LogP contribution is 2.74. The molecular formula is C36H60O9. The number of carbonyl (C=O) groups excluding carboxylic acids is 1. The lowest BCUT2D eigenvalue weighted by molar-refractivity contribution is -0.319. The molecule has 1 aliphatic heterocycles. The minimum atomic E-state index is -1.49. The second kappa shape index (κ2) is 11.9. The summed E-state index contributed by atoms with van der Waals surface area (Å²) in [6, 6.07) is 0. The fourth-order valence-electron chi connectivity index (χ4n) is 10.9. The topological polar surface area (TPSA) is 157 Å². The Morgan fingerprint density at radius 2 is 1.67 bits per heavy atom. The SMILES string of the molecule is C[C@H](CC[C@@H](O)C(C)(C)O)[C@H]1CC[C@@]2(C)[C@@H]3CC=C4[C@@H](CC[C@H](O[C@@H]5O[C@H](CO)[C@@H](O)[C@H](O)[C@H]5O)C4(C)C)[C@]3(C)C(=O)C[C@]12C. The van der Waals surface area contributed by atoms with E-state index in [1.54, 1.807) is 13.8 Å². The van der Waals surface area contributed by atoms with Gasteiger partial charge in [-0.2, -0.15) is 0 Å². The molecule has 5 rings (SSSR count). The number of ketones is 1. The maximum atomic E-state index is 14.6. The minimum Gasteiger partial charge on any atom is -0.394 e. The predicted octanol–water partition coefficient (Wildman–Crippen LogP) is 3.50. The second-order valence-corrected chi connectivity index (χ2v) is 17.2. The van der Waals surface area contributed by atoms with Gasteiger partial charge in [-0.15, -0.1) is 0 Å². The molecule has 0 amide bonds. The first-order chi connectivity index (χ1) is 20.7. The third-order valence-corrected chi connectivity index (χ3v) is 14.2. The Hall–Kier alpha value is -0.910. The molecule has 258 valence electrons. The molecule has 0 aromatic heterocycles. The molecule has 9 nitrogen and oxygen atoms in total. The Bertz CT molecular complexity index is 1140. The van der Waals surface area contributed by atoms with E-state index in [4.69, 9.17) is 9.47 Å². The normalized spacial score (nSPS) is 47.7. The van der Waals surface area contributed by atoms with E-state index in [-0.39, 0.29) is 28.8 Å². The van der Waals surface area contributed by atoms with Crippen LogP contribution in [0.1, 0.15) is 107 Å². The maximum absolute atomic E-state index is 14.6. The molecule has 9 heteroatoms. The van der Waals surface area contributed by atoms with Crippen LogP contribution in [0.25, 0.3) is 0 Å². The Labute approximate surface area is 269 Å². The van der Waals surface area contributed by atoms with Gasteiger partial charge in [0, 0.05) is 17.3 Å². The van der Waals surface area contributed by atoms with Gasteiger partial charge in [-0.25, -0.2) is 0 Å². The third-order valence-electron chi connectivity index (χ3n) is 14.2. The molecule has 0 unspecified atom stereocenters. The monoisotopic (exact) mass is 636 g/mol. The van der Waals surface area contributed by atoms with Gasteiger partial charge in [0.05, 0.1) is 24.4 Å². The van der Waals surface area contributed by atoms with Crippen LogP contribution in [0.15, 0.2) is 11.6 Å². The number of ether oxygens (including phenoxy) is 2. The number of hydrogen-bond acceptors (Lipinski definition) is 9. The summed E-state index contributed by atoms with van der Waals surface area (Å²) in [6.07, 6.45) is 0.905. The first-order valence-corrected chi connectivity index (χ1v) is 17.3. The van der Waals surface area contributed by atoms with E-state index in [1.807, 2.05) is 0 Å². The average molecular weight is 637 g/mol. The van der Waals surface area contributed by atoms with Gasteiger partial charge in [0.25, 0.3) is 0 Å². The van der Waals surface area contributed by atoms with Gasteiger partial charge in [0.15, 0.2) is 6.29 Å². The van der Waals surface area contributed by atoms with Crippen molar-refractivity contribution in [3.8, 4) is 0 Å². The molecule has 0 radical (unpaired) electrons. The molecule has 4 fully saturated rings. The van der Waals surface area contributed by atoms with Crippen LogP contribution in [0.4, 0.5) is 0 Å². The van der Waals surface area contributed by atoms with Crippen molar-refractivity contribution in [1.82, 2.24) is 0 Å². The van der Waals surface area contributed by atoms with Crippen molar-refractivity contribution in [2.75, 3.05) is 6.61 Å². The van der Waals surface area contributed by atoms with Crippen molar-refractivity contribution in [2.45, 2.75) is 155 Å². The van der Waals surface area contributed by atoms with Crippen LogP contribution in [-0.4, -0.2) is 91.5 Å². The minimum absolute atomic E-state index is 0.0146.